The van der Waals surface area contributed by atoms with E-state index in [1.165, 1.54) is 0 Å². The maximum atomic E-state index is 11.8. The summed E-state index contributed by atoms with van der Waals surface area (Å²) in [6.45, 7) is 4.64. The van der Waals surface area contributed by atoms with Gasteiger partial charge in [-0.1, -0.05) is 19.1 Å². The minimum Gasteiger partial charge on any atom is -0.493 e. The molecule has 0 spiro atoms. The molecule has 2 rings (SSSR count). The van der Waals surface area contributed by atoms with E-state index in [0.717, 1.165) is 12.0 Å². The largest absolute Gasteiger partial charge is 0.493 e. The molecule has 6 heteroatoms. The topological polar surface area (TPSA) is 87.3 Å². The quantitative estimate of drug-likeness (QED) is 0.825. The molecule has 0 unspecified atom stereocenters. The minimum atomic E-state index is -0.523. The van der Waals surface area contributed by atoms with Crippen LogP contribution in [0.15, 0.2) is 30.3 Å². The average molecular weight is 301 g/mol. The Morgan fingerprint density at radius 1 is 1.23 bits per heavy atom. The first-order valence-electron chi connectivity index (χ1n) is 7.19. The van der Waals surface area contributed by atoms with Gasteiger partial charge in [0.15, 0.2) is 5.69 Å². The summed E-state index contributed by atoms with van der Waals surface area (Å²) in [4.78, 5) is 20.0. The van der Waals surface area contributed by atoms with E-state index in [9.17, 15) is 4.79 Å². The first-order chi connectivity index (χ1) is 10.7. The Labute approximate surface area is 129 Å². The number of rotatable bonds is 6. The van der Waals surface area contributed by atoms with Crippen LogP contribution >= 0.6 is 0 Å². The average Bonchev–Trinajstić information content (AvgIpc) is 2.53. The molecular weight excluding hydrogens is 282 g/mol. The van der Waals surface area contributed by atoms with E-state index < -0.39 is 5.97 Å². The molecule has 2 aromatic rings. The predicted molar refractivity (Wildman–Crippen MR) is 83.6 cm³/mol. The second-order valence-electron chi connectivity index (χ2n) is 4.56. The first-order valence-corrected chi connectivity index (χ1v) is 7.19. The second kappa shape index (κ2) is 7.40. The number of anilines is 1. The van der Waals surface area contributed by atoms with Gasteiger partial charge in [0.1, 0.15) is 5.75 Å². The molecule has 0 amide bonds. The zero-order valence-corrected chi connectivity index (χ0v) is 12.7. The lowest BCUT2D eigenvalue weighted by Gasteiger charge is -2.11. The van der Waals surface area contributed by atoms with Gasteiger partial charge >= 0.3 is 5.97 Å². The van der Waals surface area contributed by atoms with Gasteiger partial charge in [-0.3, -0.25) is 0 Å². The van der Waals surface area contributed by atoms with Gasteiger partial charge in [0, 0.05) is 5.56 Å². The van der Waals surface area contributed by atoms with Gasteiger partial charge in [0.05, 0.1) is 18.9 Å². The summed E-state index contributed by atoms with van der Waals surface area (Å²) in [5.41, 5.74) is 7.13. The number of aromatic nitrogens is 2. The normalized spacial score (nSPS) is 10.3. The molecule has 1 aromatic heterocycles. The van der Waals surface area contributed by atoms with E-state index in [-0.39, 0.29) is 18.2 Å². The van der Waals surface area contributed by atoms with Crippen molar-refractivity contribution in [3.63, 3.8) is 0 Å². The molecule has 22 heavy (non-hydrogen) atoms. The third kappa shape index (κ3) is 3.72. The van der Waals surface area contributed by atoms with Crippen molar-refractivity contribution in [3.8, 4) is 17.0 Å². The van der Waals surface area contributed by atoms with Crippen molar-refractivity contribution < 1.29 is 14.3 Å². The van der Waals surface area contributed by atoms with E-state index in [2.05, 4.69) is 9.97 Å². The minimum absolute atomic E-state index is 0.0193. The molecule has 116 valence electrons. The lowest BCUT2D eigenvalue weighted by atomic mass is 10.1. The SMILES string of the molecule is CCCOc1ccccc1-c1cc(C(=O)OCC)nc(N)n1. The highest BCUT2D eigenvalue weighted by atomic mass is 16.5. The number of nitrogens with two attached hydrogens (primary N) is 1. The molecule has 0 bridgehead atoms. The number of esters is 1. The fourth-order valence-electron chi connectivity index (χ4n) is 1.93. The Hall–Kier alpha value is -2.63. The van der Waals surface area contributed by atoms with Gasteiger partial charge in [-0.05, 0) is 31.5 Å². The van der Waals surface area contributed by atoms with Crippen LogP contribution in [0.5, 0.6) is 5.75 Å². The Balaban J connectivity index is 2.42. The van der Waals surface area contributed by atoms with Crippen LogP contribution in [0.25, 0.3) is 11.3 Å². The molecule has 0 radical (unpaired) electrons. The summed E-state index contributed by atoms with van der Waals surface area (Å²) in [5, 5.41) is 0. The van der Waals surface area contributed by atoms with Crippen LogP contribution < -0.4 is 10.5 Å². The third-order valence-electron chi connectivity index (χ3n) is 2.85. The summed E-state index contributed by atoms with van der Waals surface area (Å²) >= 11 is 0. The molecule has 6 nitrogen and oxygen atoms in total. The maximum absolute atomic E-state index is 11.8. The van der Waals surface area contributed by atoms with Crippen LogP contribution in [0, 0.1) is 0 Å². The third-order valence-corrected chi connectivity index (χ3v) is 2.85. The van der Waals surface area contributed by atoms with Crippen LogP contribution in [-0.4, -0.2) is 29.2 Å². The molecule has 0 saturated heterocycles. The van der Waals surface area contributed by atoms with Crippen molar-refractivity contribution in [1.82, 2.24) is 9.97 Å². The van der Waals surface area contributed by atoms with Gasteiger partial charge in [0.25, 0.3) is 0 Å². The zero-order chi connectivity index (χ0) is 15.9. The van der Waals surface area contributed by atoms with E-state index in [0.29, 0.717) is 18.1 Å². The standard InChI is InChI=1S/C16H19N3O3/c1-3-9-22-14-8-6-5-7-11(14)12-10-13(15(20)21-4-2)19-16(17)18-12/h5-8,10H,3-4,9H2,1-2H3,(H2,17,18,19). The highest BCUT2D eigenvalue weighted by Gasteiger charge is 2.15. The summed E-state index contributed by atoms with van der Waals surface area (Å²) < 4.78 is 10.7. The first kappa shape index (κ1) is 15.8. The van der Waals surface area contributed by atoms with Crippen molar-refractivity contribution in [2.75, 3.05) is 18.9 Å². The van der Waals surface area contributed by atoms with E-state index in [1.54, 1.807) is 13.0 Å². The molecule has 0 fully saturated rings. The number of benzene rings is 1. The fraction of sp³-hybridized carbons (Fsp3) is 0.312. The number of hydrogen-bond donors (Lipinski definition) is 1. The van der Waals surface area contributed by atoms with Gasteiger partial charge < -0.3 is 15.2 Å². The van der Waals surface area contributed by atoms with Crippen LogP contribution in [0.4, 0.5) is 5.95 Å². The number of nitrogens with zero attached hydrogens (tertiary/aromatic N) is 2. The van der Waals surface area contributed by atoms with E-state index in [1.807, 2.05) is 31.2 Å². The van der Waals surface area contributed by atoms with Gasteiger partial charge in [0.2, 0.25) is 5.95 Å². The summed E-state index contributed by atoms with van der Waals surface area (Å²) in [7, 11) is 0. The lowest BCUT2D eigenvalue weighted by Crippen LogP contribution is -2.10. The molecule has 0 aliphatic rings. The summed E-state index contributed by atoms with van der Waals surface area (Å²) in [6, 6.07) is 9.03. The molecule has 0 saturated carbocycles. The van der Waals surface area contributed by atoms with Crippen molar-refractivity contribution in [2.45, 2.75) is 20.3 Å². The Kier molecular flexibility index (Phi) is 5.30. The second-order valence-corrected chi connectivity index (χ2v) is 4.56. The molecule has 0 aliphatic carbocycles. The summed E-state index contributed by atoms with van der Waals surface area (Å²) in [6.07, 6.45) is 0.897. The van der Waals surface area contributed by atoms with Crippen LogP contribution in [0.2, 0.25) is 0 Å². The van der Waals surface area contributed by atoms with Crippen LogP contribution in [-0.2, 0) is 4.74 Å². The Morgan fingerprint density at radius 3 is 2.73 bits per heavy atom. The number of carbonyl (C=O) groups excluding carboxylic acids is 1. The predicted octanol–water partition coefficient (Wildman–Crippen LogP) is 2.69. The van der Waals surface area contributed by atoms with Crippen LogP contribution in [0.3, 0.4) is 0 Å². The number of nitrogen functional groups attached to an aromatic ring is 1. The fourth-order valence-corrected chi connectivity index (χ4v) is 1.93. The molecule has 2 N–H and O–H groups in total. The molecule has 0 aliphatic heterocycles. The van der Waals surface area contributed by atoms with Gasteiger partial charge in [-0.2, -0.15) is 0 Å². The monoisotopic (exact) mass is 301 g/mol. The zero-order valence-electron chi connectivity index (χ0n) is 12.7. The summed E-state index contributed by atoms with van der Waals surface area (Å²) in [5.74, 6) is 0.188. The van der Waals surface area contributed by atoms with Crippen LogP contribution in [0.1, 0.15) is 30.8 Å². The molecule has 0 atom stereocenters. The van der Waals surface area contributed by atoms with Crippen molar-refractivity contribution in [2.24, 2.45) is 0 Å². The maximum Gasteiger partial charge on any atom is 0.357 e. The highest BCUT2D eigenvalue weighted by molar-refractivity contribution is 5.89. The van der Waals surface area contributed by atoms with E-state index in [4.69, 9.17) is 15.2 Å². The Morgan fingerprint density at radius 2 is 2.00 bits per heavy atom. The van der Waals surface area contributed by atoms with Crippen molar-refractivity contribution in [1.29, 1.82) is 0 Å². The molecule has 1 aromatic carbocycles. The smallest absolute Gasteiger partial charge is 0.357 e. The number of ether oxygens (including phenoxy) is 2. The van der Waals surface area contributed by atoms with Gasteiger partial charge in [-0.25, -0.2) is 14.8 Å². The molecular formula is C16H19N3O3. The van der Waals surface area contributed by atoms with Crippen molar-refractivity contribution >= 4 is 11.9 Å². The lowest BCUT2D eigenvalue weighted by molar-refractivity contribution is 0.0519. The number of hydrogen-bond acceptors (Lipinski definition) is 6. The molecule has 1 heterocycles. The van der Waals surface area contributed by atoms with Gasteiger partial charge in [-0.15, -0.1) is 0 Å². The highest BCUT2D eigenvalue weighted by Crippen LogP contribution is 2.29. The number of carbonyl (C=O) groups is 1. The number of para-hydroxylation sites is 1. The van der Waals surface area contributed by atoms with E-state index >= 15 is 0 Å². The van der Waals surface area contributed by atoms with Crippen molar-refractivity contribution in [3.05, 3.63) is 36.0 Å². The Bertz CT molecular complexity index is 659.